The summed E-state index contributed by atoms with van der Waals surface area (Å²) in [6.07, 6.45) is 0. The molecule has 0 bridgehead atoms. The largest absolute Gasteiger partial charge is 0.412 e. The van der Waals surface area contributed by atoms with Gasteiger partial charge in [-0.05, 0) is 0 Å². The van der Waals surface area contributed by atoms with Crippen LogP contribution in [0.1, 0.15) is 0 Å². The standard InChI is InChI=1S/CH6O6P2.3Na.4H2O/c2-8(3,4)1-9(5,6)7;;;;;;;/h1H2,(H2,2,3,4)(H2,5,6,7);;;;4*1H2. The van der Waals surface area contributed by atoms with E-state index in [-0.39, 0.29) is 111 Å². The summed E-state index contributed by atoms with van der Waals surface area (Å²) in [5.74, 6) is -1.38. The summed E-state index contributed by atoms with van der Waals surface area (Å²) >= 11 is 0. The van der Waals surface area contributed by atoms with Gasteiger partial charge in [0.2, 0.25) is 0 Å². The van der Waals surface area contributed by atoms with Crippen molar-refractivity contribution in [2.24, 2.45) is 0 Å². The number of hydrogen-bond donors (Lipinski definition) is 4. The van der Waals surface area contributed by atoms with Crippen LogP contribution in [0.25, 0.3) is 0 Å². The second-order valence-electron chi connectivity index (χ2n) is 1.47. The molecule has 0 aliphatic carbocycles. The van der Waals surface area contributed by atoms with E-state index in [1.165, 1.54) is 0 Å². The summed E-state index contributed by atoms with van der Waals surface area (Å²) < 4.78 is 19.7. The van der Waals surface area contributed by atoms with Crippen molar-refractivity contribution in [1.29, 1.82) is 0 Å². The third-order valence-corrected chi connectivity index (χ3v) is 3.32. The maximum Gasteiger partial charge on any atom is 0.337 e. The maximum absolute atomic E-state index is 9.85. The van der Waals surface area contributed by atoms with Crippen LogP contribution in [0.2, 0.25) is 0 Å². The summed E-state index contributed by atoms with van der Waals surface area (Å²) in [7, 11) is -9.10. The van der Waals surface area contributed by atoms with Crippen LogP contribution in [0.3, 0.4) is 0 Å². The quantitative estimate of drug-likeness (QED) is 0.286. The molecule has 0 aromatic rings. The predicted molar refractivity (Wildman–Crippen MR) is 60.7 cm³/mol. The summed E-state index contributed by atoms with van der Waals surface area (Å²) in [5, 5.41) is 0. The van der Waals surface area contributed by atoms with Gasteiger partial charge in [0.15, 0.2) is 5.90 Å². The van der Waals surface area contributed by atoms with Crippen LogP contribution < -0.4 is 0 Å². The average Bonchev–Trinajstić information content (AvgIpc) is 1.14. The van der Waals surface area contributed by atoms with Crippen LogP contribution in [0.15, 0.2) is 0 Å². The van der Waals surface area contributed by atoms with Gasteiger partial charge in [-0.1, -0.05) is 0 Å². The Bertz CT molecular complexity index is 165. The molecule has 12 N–H and O–H groups in total. The van der Waals surface area contributed by atoms with Crippen molar-refractivity contribution in [2.75, 3.05) is 5.90 Å². The molecule has 16 heavy (non-hydrogen) atoms. The van der Waals surface area contributed by atoms with E-state index in [2.05, 4.69) is 0 Å². The van der Waals surface area contributed by atoms with Crippen LogP contribution in [-0.2, 0) is 9.13 Å². The Morgan fingerprint density at radius 1 is 0.625 bits per heavy atom. The predicted octanol–water partition coefficient (Wildman–Crippen LogP) is -5.14. The first-order valence-corrected chi connectivity index (χ1v) is 5.39. The van der Waals surface area contributed by atoms with Gasteiger partial charge in [0, 0.05) is 88.7 Å². The van der Waals surface area contributed by atoms with Crippen LogP contribution in [-0.4, -0.2) is 136 Å². The molecule has 0 rings (SSSR count). The normalized spacial score (nSPS) is 7.75. The van der Waals surface area contributed by atoms with Gasteiger partial charge in [-0.2, -0.15) is 0 Å². The van der Waals surface area contributed by atoms with Crippen LogP contribution in [0, 0.1) is 0 Å². The van der Waals surface area contributed by atoms with Crippen molar-refractivity contribution < 1.29 is 50.6 Å². The Balaban J connectivity index is -0.0000000152. The van der Waals surface area contributed by atoms with Gasteiger partial charge in [0.1, 0.15) is 0 Å². The molecule has 0 saturated heterocycles. The van der Waals surface area contributed by atoms with Crippen LogP contribution in [0.4, 0.5) is 0 Å². The number of rotatable bonds is 2. The maximum atomic E-state index is 9.85. The fourth-order valence-corrected chi connectivity index (χ4v) is 2.16. The van der Waals surface area contributed by atoms with Gasteiger partial charge in [0.05, 0.1) is 0 Å². The monoisotopic (exact) mass is 317 g/mol. The molecule has 91 valence electrons. The first-order chi connectivity index (χ1) is 3.71. The molecule has 0 heterocycles. The molecule has 0 saturated carbocycles. The Morgan fingerprint density at radius 3 is 0.750 bits per heavy atom. The third-order valence-electron chi connectivity index (χ3n) is 0.368. The minimum absolute atomic E-state index is 0. The SMILES string of the molecule is O.O.O.O.O=P(O)(O)CP(=O)(O)O.[Na].[Na].[Na]. The fraction of sp³-hybridized carbons (Fsp3) is 1.00. The molecule has 0 atom stereocenters. The fourth-order valence-electron chi connectivity index (χ4n) is 0.240. The zero-order chi connectivity index (χ0) is 7.71. The van der Waals surface area contributed by atoms with E-state index in [0.29, 0.717) is 0 Å². The topological polar surface area (TPSA) is 241 Å². The summed E-state index contributed by atoms with van der Waals surface area (Å²) in [4.78, 5) is 31.9. The van der Waals surface area contributed by atoms with Crippen molar-refractivity contribution >= 4 is 104 Å². The second kappa shape index (κ2) is 20.5. The van der Waals surface area contributed by atoms with Crippen molar-refractivity contribution in [2.45, 2.75) is 0 Å². The van der Waals surface area contributed by atoms with Gasteiger partial charge in [-0.25, -0.2) is 0 Å². The van der Waals surface area contributed by atoms with Crippen molar-refractivity contribution in [3.63, 3.8) is 0 Å². The first kappa shape index (κ1) is 50.8. The Labute approximate surface area is 158 Å². The molecule has 0 aromatic carbocycles. The molecule has 0 unspecified atom stereocenters. The van der Waals surface area contributed by atoms with Gasteiger partial charge < -0.3 is 41.5 Å². The molecule has 15 heteroatoms. The second-order valence-corrected chi connectivity index (χ2v) is 5.26. The Morgan fingerprint density at radius 2 is 0.750 bits per heavy atom. The third kappa shape index (κ3) is 53.4. The molecule has 0 aliphatic heterocycles. The zero-order valence-corrected chi connectivity index (χ0v) is 17.0. The van der Waals surface area contributed by atoms with Gasteiger partial charge in [-0.3, -0.25) is 9.13 Å². The van der Waals surface area contributed by atoms with Crippen LogP contribution >= 0.6 is 15.2 Å². The zero-order valence-electron chi connectivity index (χ0n) is 9.21. The molecule has 0 amide bonds. The molecular weight excluding hydrogens is 303 g/mol. The first-order valence-electron chi connectivity index (χ1n) is 1.80. The van der Waals surface area contributed by atoms with E-state index in [1.807, 2.05) is 0 Å². The Kier molecular flexibility index (Phi) is 64.9. The van der Waals surface area contributed by atoms with Crippen molar-refractivity contribution in [3.8, 4) is 0 Å². The summed E-state index contributed by atoms with van der Waals surface area (Å²) in [6, 6.07) is 0. The number of hydrogen-bond acceptors (Lipinski definition) is 2. The van der Waals surface area contributed by atoms with E-state index in [4.69, 9.17) is 19.6 Å². The smallest absolute Gasteiger partial charge is 0.337 e. The van der Waals surface area contributed by atoms with Crippen LogP contribution in [0.5, 0.6) is 0 Å². The van der Waals surface area contributed by atoms with Crippen molar-refractivity contribution in [1.82, 2.24) is 0 Å². The van der Waals surface area contributed by atoms with Gasteiger partial charge >= 0.3 is 15.2 Å². The molecule has 0 aliphatic rings. The van der Waals surface area contributed by atoms with Gasteiger partial charge in [0.25, 0.3) is 0 Å². The average molecular weight is 317 g/mol. The summed E-state index contributed by atoms with van der Waals surface area (Å²) in [6.45, 7) is 0. The molecule has 0 spiro atoms. The molecule has 0 aromatic heterocycles. The Hall–Kier alpha value is 3.14. The molecule has 10 nitrogen and oxygen atoms in total. The van der Waals surface area contributed by atoms with E-state index in [1.54, 1.807) is 0 Å². The molecule has 0 fully saturated rings. The molecule has 3 radical (unpaired) electrons. The van der Waals surface area contributed by atoms with Crippen molar-refractivity contribution in [3.05, 3.63) is 0 Å². The minimum Gasteiger partial charge on any atom is -0.412 e. The summed E-state index contributed by atoms with van der Waals surface area (Å²) in [5.41, 5.74) is 0. The van der Waals surface area contributed by atoms with E-state index in [9.17, 15) is 9.13 Å². The van der Waals surface area contributed by atoms with E-state index < -0.39 is 21.1 Å². The minimum atomic E-state index is -4.55. The van der Waals surface area contributed by atoms with E-state index in [0.717, 1.165) is 0 Å². The van der Waals surface area contributed by atoms with Gasteiger partial charge in [-0.15, -0.1) is 0 Å². The molecular formula is CH14Na3O10P2. The van der Waals surface area contributed by atoms with E-state index >= 15 is 0 Å².